The Balaban J connectivity index is 1.60. The summed E-state index contributed by atoms with van der Waals surface area (Å²) in [5, 5.41) is 6.36. The van der Waals surface area contributed by atoms with Gasteiger partial charge in [-0.1, -0.05) is 13.0 Å². The van der Waals surface area contributed by atoms with Crippen molar-refractivity contribution in [2.24, 2.45) is 5.92 Å². The molecule has 4 heterocycles. The number of thioether (sulfide) groups is 1. The molecule has 2 N–H and O–H groups in total. The van der Waals surface area contributed by atoms with Crippen LogP contribution >= 0.6 is 11.8 Å². The highest BCUT2D eigenvalue weighted by Gasteiger charge is 2.37. The molecule has 0 amide bonds. The average Bonchev–Trinajstić information content (AvgIpc) is 3.39. The topological polar surface area (TPSA) is 93.3 Å². The number of hydrogen-bond acceptors (Lipinski definition) is 7. The highest BCUT2D eigenvalue weighted by atomic mass is 32.2. The van der Waals surface area contributed by atoms with Gasteiger partial charge in [-0.25, -0.2) is 9.78 Å². The van der Waals surface area contributed by atoms with E-state index in [0.717, 1.165) is 10.9 Å². The van der Waals surface area contributed by atoms with Crippen LogP contribution in [0.3, 0.4) is 0 Å². The first-order valence-corrected chi connectivity index (χ1v) is 10.4. The molecule has 2 aliphatic rings. The van der Waals surface area contributed by atoms with Crippen molar-refractivity contribution in [2.45, 2.75) is 19.1 Å². The summed E-state index contributed by atoms with van der Waals surface area (Å²) in [6, 6.07) is 3.72. The number of aromatic amines is 1. The molecule has 0 saturated carbocycles. The van der Waals surface area contributed by atoms with Gasteiger partial charge in [0.15, 0.2) is 11.3 Å². The molecular weight excluding hydrogens is 390 g/mol. The normalized spacial score (nSPS) is 22.6. The van der Waals surface area contributed by atoms with Crippen LogP contribution in [0.2, 0.25) is 0 Å². The number of Topliss-reactive ketones (excluding diaryl/α,β-unsaturated/α-hetero) is 1. The summed E-state index contributed by atoms with van der Waals surface area (Å²) in [7, 11) is 0. The number of esters is 1. The predicted octanol–water partition coefficient (Wildman–Crippen LogP) is 3.13. The van der Waals surface area contributed by atoms with Crippen molar-refractivity contribution in [1.29, 1.82) is 0 Å². The van der Waals surface area contributed by atoms with Crippen LogP contribution in [-0.4, -0.2) is 40.1 Å². The smallest absolute Gasteiger partial charge is 0.347 e. The fourth-order valence-electron chi connectivity index (χ4n) is 3.22. The number of ether oxygens (including phenoxy) is 2. The van der Waals surface area contributed by atoms with E-state index in [1.165, 1.54) is 0 Å². The van der Waals surface area contributed by atoms with E-state index < -0.39 is 11.8 Å². The molecule has 0 saturated heterocycles. The minimum Gasteiger partial charge on any atom is -0.462 e. The number of fused-ring (bicyclic) bond motifs is 1. The molecule has 29 heavy (non-hydrogen) atoms. The van der Waals surface area contributed by atoms with Gasteiger partial charge in [-0.2, -0.15) is 0 Å². The molecule has 2 unspecified atom stereocenters. The summed E-state index contributed by atoms with van der Waals surface area (Å²) in [6.07, 6.45) is 7.19. The van der Waals surface area contributed by atoms with Crippen LogP contribution in [0.25, 0.3) is 17.1 Å². The van der Waals surface area contributed by atoms with Crippen molar-refractivity contribution in [1.82, 2.24) is 15.3 Å². The van der Waals surface area contributed by atoms with E-state index in [9.17, 15) is 9.59 Å². The van der Waals surface area contributed by atoms with Gasteiger partial charge in [0.1, 0.15) is 5.65 Å². The summed E-state index contributed by atoms with van der Waals surface area (Å²) in [4.78, 5) is 32.6. The van der Waals surface area contributed by atoms with Crippen molar-refractivity contribution in [3.8, 4) is 0 Å². The fraction of sp³-hybridized carbons (Fsp3) is 0.286. The summed E-state index contributed by atoms with van der Waals surface area (Å²) in [5.74, 6) is -0.559. The van der Waals surface area contributed by atoms with Crippen molar-refractivity contribution >= 4 is 40.6 Å². The first-order chi connectivity index (χ1) is 14.1. The Kier molecular flexibility index (Phi) is 5.44. The number of hydrogen-bond donors (Lipinski definition) is 2. The van der Waals surface area contributed by atoms with Crippen LogP contribution in [0.5, 0.6) is 0 Å². The lowest BCUT2D eigenvalue weighted by molar-refractivity contribution is -0.139. The number of nitrogens with zero attached hydrogens (tertiary/aromatic N) is 1. The molecule has 0 aliphatic carbocycles. The second-order valence-electron chi connectivity index (χ2n) is 6.75. The lowest BCUT2D eigenvalue weighted by atomic mass is 10.1. The van der Waals surface area contributed by atoms with Gasteiger partial charge >= 0.3 is 5.97 Å². The zero-order chi connectivity index (χ0) is 20.4. The molecule has 4 rings (SSSR count). The van der Waals surface area contributed by atoms with Crippen molar-refractivity contribution in [3.63, 3.8) is 0 Å². The Morgan fingerprint density at radius 1 is 1.48 bits per heavy atom. The average molecular weight is 411 g/mol. The zero-order valence-corrected chi connectivity index (χ0v) is 16.9. The SMILES string of the molecule is CCOC(=O)C1=C(NCC2SC=CC2C)O/C(=C\c2c[nH]c3ncccc23)C1=O. The van der Waals surface area contributed by atoms with Crippen LogP contribution in [0.15, 0.2) is 53.2 Å². The summed E-state index contributed by atoms with van der Waals surface area (Å²) in [5.41, 5.74) is 1.37. The quantitative estimate of drug-likeness (QED) is 0.428. The zero-order valence-electron chi connectivity index (χ0n) is 16.1. The lowest BCUT2D eigenvalue weighted by Gasteiger charge is -2.16. The first kappa shape index (κ1) is 19.3. The number of carbonyl (C=O) groups excluding carboxylic acids is 2. The highest BCUT2D eigenvalue weighted by Crippen LogP contribution is 2.31. The van der Waals surface area contributed by atoms with E-state index in [0.29, 0.717) is 23.4 Å². The highest BCUT2D eigenvalue weighted by molar-refractivity contribution is 8.03. The third-order valence-corrected chi connectivity index (χ3v) is 6.08. The standard InChI is InChI=1S/C21H21N3O4S/c1-3-27-21(26)17-18(25)15(9-13-10-23-19-14(13)5-4-7-22-19)28-20(17)24-11-16-12(2)6-8-29-16/h4-10,12,16,24H,3,11H2,1-2H3,(H,22,23)/b15-9-. The van der Waals surface area contributed by atoms with Crippen molar-refractivity contribution < 1.29 is 19.1 Å². The number of ketones is 1. The van der Waals surface area contributed by atoms with E-state index in [1.54, 1.807) is 37.2 Å². The minimum atomic E-state index is -0.686. The molecule has 2 atom stereocenters. The van der Waals surface area contributed by atoms with Gasteiger partial charge in [0.2, 0.25) is 11.7 Å². The molecule has 150 valence electrons. The van der Waals surface area contributed by atoms with Gasteiger partial charge in [-0.05, 0) is 36.5 Å². The maximum absolute atomic E-state index is 12.9. The lowest BCUT2D eigenvalue weighted by Crippen LogP contribution is -2.28. The third kappa shape index (κ3) is 3.80. The number of carbonyl (C=O) groups is 2. The Bertz CT molecular complexity index is 1050. The maximum Gasteiger partial charge on any atom is 0.347 e. The Morgan fingerprint density at radius 2 is 2.34 bits per heavy atom. The summed E-state index contributed by atoms with van der Waals surface area (Å²) < 4.78 is 10.9. The fourth-order valence-corrected chi connectivity index (χ4v) is 4.28. The van der Waals surface area contributed by atoms with Gasteiger partial charge in [0, 0.05) is 35.1 Å². The molecule has 7 nitrogen and oxygen atoms in total. The van der Waals surface area contributed by atoms with E-state index in [-0.39, 0.29) is 23.8 Å². The molecule has 0 fully saturated rings. The monoisotopic (exact) mass is 411 g/mol. The van der Waals surface area contributed by atoms with Gasteiger partial charge in [-0.15, -0.1) is 11.8 Å². The Hall–Kier alpha value is -3.00. The third-order valence-electron chi connectivity index (χ3n) is 4.82. The van der Waals surface area contributed by atoms with Crippen LogP contribution in [0, 0.1) is 5.92 Å². The van der Waals surface area contributed by atoms with Crippen molar-refractivity contribution in [3.05, 3.63) is 58.8 Å². The first-order valence-electron chi connectivity index (χ1n) is 9.42. The molecule has 0 spiro atoms. The van der Waals surface area contributed by atoms with E-state index in [4.69, 9.17) is 9.47 Å². The molecule has 2 aromatic rings. The summed E-state index contributed by atoms with van der Waals surface area (Å²) in [6.45, 7) is 4.56. The number of allylic oxidation sites excluding steroid dienone is 2. The minimum absolute atomic E-state index is 0.0746. The van der Waals surface area contributed by atoms with Crippen LogP contribution in [0.1, 0.15) is 19.4 Å². The number of nitrogens with one attached hydrogen (secondary N) is 2. The van der Waals surface area contributed by atoms with Gasteiger partial charge in [0.05, 0.1) is 6.61 Å². The van der Waals surface area contributed by atoms with E-state index in [2.05, 4.69) is 33.7 Å². The molecular formula is C21H21N3O4S. The molecule has 0 radical (unpaired) electrons. The number of rotatable bonds is 6. The van der Waals surface area contributed by atoms with Crippen molar-refractivity contribution in [2.75, 3.05) is 13.2 Å². The maximum atomic E-state index is 12.9. The van der Waals surface area contributed by atoms with Gasteiger partial charge in [0.25, 0.3) is 0 Å². The molecule has 0 bridgehead atoms. The molecule has 8 heteroatoms. The second-order valence-corrected chi connectivity index (χ2v) is 7.90. The van der Waals surface area contributed by atoms with E-state index in [1.807, 2.05) is 12.1 Å². The Morgan fingerprint density at radius 3 is 3.10 bits per heavy atom. The number of pyridine rings is 1. The largest absolute Gasteiger partial charge is 0.462 e. The number of H-pyrrole nitrogens is 1. The van der Waals surface area contributed by atoms with Gasteiger partial charge < -0.3 is 19.8 Å². The molecule has 2 aromatic heterocycles. The second kappa shape index (κ2) is 8.16. The number of aromatic nitrogens is 2. The molecule has 0 aromatic carbocycles. The van der Waals surface area contributed by atoms with Crippen LogP contribution in [-0.2, 0) is 19.1 Å². The van der Waals surface area contributed by atoms with Crippen LogP contribution < -0.4 is 5.32 Å². The predicted molar refractivity (Wildman–Crippen MR) is 112 cm³/mol. The van der Waals surface area contributed by atoms with E-state index >= 15 is 0 Å². The van der Waals surface area contributed by atoms with Gasteiger partial charge in [-0.3, -0.25) is 4.79 Å². The summed E-state index contributed by atoms with van der Waals surface area (Å²) >= 11 is 1.71. The van der Waals surface area contributed by atoms with Crippen LogP contribution in [0.4, 0.5) is 0 Å². The molecule has 2 aliphatic heterocycles. The Labute approximate surface area is 172 Å².